The Kier molecular flexibility index (Phi) is 4.62. The first-order chi connectivity index (χ1) is 11.3. The molecule has 0 aromatic carbocycles. The van der Waals surface area contributed by atoms with Crippen LogP contribution < -0.4 is 10.2 Å². The van der Waals surface area contributed by atoms with E-state index >= 15 is 0 Å². The number of aliphatic hydroxyl groups excluding tert-OH is 1. The van der Waals surface area contributed by atoms with E-state index in [2.05, 4.69) is 15.3 Å². The van der Waals surface area contributed by atoms with Crippen molar-refractivity contribution in [3.63, 3.8) is 0 Å². The van der Waals surface area contributed by atoms with Gasteiger partial charge in [0.2, 0.25) is 5.95 Å². The summed E-state index contributed by atoms with van der Waals surface area (Å²) in [6.45, 7) is 6.51. The van der Waals surface area contributed by atoms with Crippen LogP contribution in [0.2, 0.25) is 0 Å². The zero-order valence-corrected chi connectivity index (χ0v) is 14.5. The molecule has 0 radical (unpaired) electrons. The van der Waals surface area contributed by atoms with E-state index in [1.54, 1.807) is 0 Å². The molecule has 2 N–H and O–H groups in total. The Balaban J connectivity index is 1.53. The predicted molar refractivity (Wildman–Crippen MR) is 90.0 cm³/mol. The molecule has 0 bridgehead atoms. The third-order valence-corrected chi connectivity index (χ3v) is 4.27. The van der Waals surface area contributed by atoms with Gasteiger partial charge in [0.1, 0.15) is 5.60 Å². The number of piperidine rings is 1. The molecule has 3 rings (SSSR count). The predicted octanol–water partition coefficient (Wildman–Crippen LogP) is 1.82. The van der Waals surface area contributed by atoms with E-state index in [1.807, 2.05) is 38.1 Å². The summed E-state index contributed by atoms with van der Waals surface area (Å²) in [5, 5.41) is 13.1. The highest BCUT2D eigenvalue weighted by molar-refractivity contribution is 5.68. The van der Waals surface area contributed by atoms with E-state index in [-0.39, 0.29) is 6.04 Å². The molecule has 1 saturated heterocycles. The Bertz CT molecular complexity index is 580. The molecule has 1 aliphatic heterocycles. The molecule has 0 unspecified atom stereocenters. The molecule has 1 aromatic rings. The maximum atomic E-state index is 11.8. The van der Waals surface area contributed by atoms with E-state index in [4.69, 9.17) is 4.74 Å². The molecule has 7 heteroatoms. The minimum atomic E-state index is -0.682. The van der Waals surface area contributed by atoms with E-state index in [0.29, 0.717) is 31.4 Å². The van der Waals surface area contributed by atoms with Gasteiger partial charge >= 0.3 is 6.09 Å². The first kappa shape index (κ1) is 17.0. The lowest BCUT2D eigenvalue weighted by atomic mass is 10.0. The van der Waals surface area contributed by atoms with E-state index in [1.165, 1.54) is 18.4 Å². The number of hydrogen-bond acceptors (Lipinski definition) is 6. The van der Waals surface area contributed by atoms with Crippen molar-refractivity contribution in [3.05, 3.63) is 18.0 Å². The van der Waals surface area contributed by atoms with Gasteiger partial charge in [-0.05, 0) is 51.5 Å². The topological polar surface area (TPSA) is 87.6 Å². The number of anilines is 1. The fraction of sp³-hybridized carbons (Fsp3) is 0.706. The number of aromatic nitrogens is 2. The fourth-order valence-electron chi connectivity index (χ4n) is 2.86. The zero-order valence-electron chi connectivity index (χ0n) is 14.5. The molecule has 2 aliphatic rings. The van der Waals surface area contributed by atoms with Crippen LogP contribution in [-0.2, 0) is 4.74 Å². The molecule has 1 aliphatic carbocycles. The molecule has 132 valence electrons. The average Bonchev–Trinajstić information content (AvgIpc) is 3.32. The molecular formula is C17H26N4O3. The highest BCUT2D eigenvalue weighted by Crippen LogP contribution is 2.39. The summed E-state index contributed by atoms with van der Waals surface area (Å²) in [7, 11) is 0. The summed E-state index contributed by atoms with van der Waals surface area (Å²) in [5.41, 5.74) is 0.646. The number of carbonyl (C=O) groups is 1. The number of rotatable bonds is 3. The highest BCUT2D eigenvalue weighted by Gasteiger charge is 2.31. The van der Waals surface area contributed by atoms with Crippen molar-refractivity contribution in [1.29, 1.82) is 0 Å². The quantitative estimate of drug-likeness (QED) is 0.877. The van der Waals surface area contributed by atoms with E-state index in [9.17, 15) is 9.90 Å². The molecule has 0 spiro atoms. The van der Waals surface area contributed by atoms with Gasteiger partial charge in [0.25, 0.3) is 0 Å². The third-order valence-electron chi connectivity index (χ3n) is 4.27. The average molecular weight is 334 g/mol. The second-order valence-corrected chi connectivity index (χ2v) is 7.65. The summed E-state index contributed by atoms with van der Waals surface area (Å²) in [6.07, 6.45) is 5.66. The van der Waals surface area contributed by atoms with E-state index < -0.39 is 17.8 Å². The Morgan fingerprint density at radius 1 is 1.29 bits per heavy atom. The van der Waals surface area contributed by atoms with Gasteiger partial charge in [0.05, 0.1) is 12.1 Å². The van der Waals surface area contributed by atoms with Crippen LogP contribution >= 0.6 is 0 Å². The lowest BCUT2D eigenvalue weighted by Crippen LogP contribution is -2.55. The lowest BCUT2D eigenvalue weighted by Gasteiger charge is -2.36. The summed E-state index contributed by atoms with van der Waals surface area (Å²) < 4.78 is 5.24. The minimum absolute atomic E-state index is 0.318. The lowest BCUT2D eigenvalue weighted by molar-refractivity contribution is 0.0402. The van der Waals surface area contributed by atoms with Gasteiger partial charge in [0, 0.05) is 25.5 Å². The first-order valence-corrected chi connectivity index (χ1v) is 8.56. The SMILES string of the molecule is CC(C)(C)OC(=O)N[C@@H]1CCN(c2ncc(C3CC3)cn2)C[C@H]1O. The van der Waals surface area contributed by atoms with Crippen LogP contribution in [0.5, 0.6) is 0 Å². The Labute approximate surface area is 142 Å². The molecule has 2 heterocycles. The van der Waals surface area contributed by atoms with Crippen LogP contribution in [0.15, 0.2) is 12.4 Å². The monoisotopic (exact) mass is 334 g/mol. The Morgan fingerprint density at radius 3 is 2.50 bits per heavy atom. The van der Waals surface area contributed by atoms with Crippen molar-refractivity contribution < 1.29 is 14.6 Å². The smallest absolute Gasteiger partial charge is 0.407 e. The molecule has 2 atom stereocenters. The second-order valence-electron chi connectivity index (χ2n) is 7.65. The van der Waals surface area contributed by atoms with Gasteiger partial charge in [0.15, 0.2) is 0 Å². The summed E-state index contributed by atoms with van der Waals surface area (Å²) in [6, 6.07) is -0.318. The molecule has 24 heavy (non-hydrogen) atoms. The Morgan fingerprint density at radius 2 is 1.96 bits per heavy atom. The van der Waals surface area contributed by atoms with Gasteiger partial charge in [-0.2, -0.15) is 0 Å². The summed E-state index contributed by atoms with van der Waals surface area (Å²) in [5.74, 6) is 1.27. The zero-order chi connectivity index (χ0) is 17.3. The van der Waals surface area contributed by atoms with Crippen molar-refractivity contribution in [3.8, 4) is 0 Å². The summed E-state index contributed by atoms with van der Waals surface area (Å²) in [4.78, 5) is 22.6. The number of ether oxygens (including phenoxy) is 1. The first-order valence-electron chi connectivity index (χ1n) is 8.56. The number of carbonyl (C=O) groups excluding carboxylic acids is 1. The van der Waals surface area contributed by atoms with Crippen LogP contribution in [0, 0.1) is 0 Å². The molecule has 2 fully saturated rings. The highest BCUT2D eigenvalue weighted by atomic mass is 16.6. The number of hydrogen-bond donors (Lipinski definition) is 2. The number of β-amino-alcohol motifs (C(OH)–C–C–N with tert-alkyl or cyclic N) is 1. The number of nitrogens with one attached hydrogen (secondary N) is 1. The summed E-state index contributed by atoms with van der Waals surface area (Å²) >= 11 is 0. The van der Waals surface area contributed by atoms with Crippen LogP contribution in [0.1, 0.15) is 51.5 Å². The molecule has 1 amide bonds. The van der Waals surface area contributed by atoms with Crippen LogP contribution in [0.4, 0.5) is 10.7 Å². The maximum Gasteiger partial charge on any atom is 0.407 e. The van der Waals surface area contributed by atoms with Gasteiger partial charge in [-0.1, -0.05) is 0 Å². The van der Waals surface area contributed by atoms with Crippen LogP contribution in [0.25, 0.3) is 0 Å². The normalized spacial score (nSPS) is 24.6. The van der Waals surface area contributed by atoms with E-state index in [0.717, 1.165) is 0 Å². The minimum Gasteiger partial charge on any atom is -0.444 e. The second kappa shape index (κ2) is 6.55. The number of amides is 1. The maximum absolute atomic E-state index is 11.8. The van der Waals surface area contributed by atoms with Crippen LogP contribution in [0.3, 0.4) is 0 Å². The third kappa shape index (κ3) is 4.35. The van der Waals surface area contributed by atoms with Crippen molar-refractivity contribution in [2.75, 3.05) is 18.0 Å². The molecule has 7 nitrogen and oxygen atoms in total. The standard InChI is InChI=1S/C17H26N4O3/c1-17(2,3)24-16(23)20-13-6-7-21(10-14(13)22)15-18-8-12(9-19-15)11-4-5-11/h8-9,11,13-14,22H,4-7,10H2,1-3H3,(H,20,23)/t13-,14-/m1/s1. The van der Waals surface area contributed by atoms with Gasteiger partial charge in [-0.3, -0.25) is 0 Å². The molecule has 1 aromatic heterocycles. The largest absolute Gasteiger partial charge is 0.444 e. The Hall–Kier alpha value is -1.89. The van der Waals surface area contributed by atoms with Crippen molar-refractivity contribution in [2.24, 2.45) is 0 Å². The van der Waals surface area contributed by atoms with Gasteiger partial charge in [-0.15, -0.1) is 0 Å². The van der Waals surface area contributed by atoms with Gasteiger partial charge < -0.3 is 20.1 Å². The van der Waals surface area contributed by atoms with Gasteiger partial charge in [-0.25, -0.2) is 14.8 Å². The molecular weight excluding hydrogens is 308 g/mol. The van der Waals surface area contributed by atoms with Crippen molar-refractivity contribution in [1.82, 2.24) is 15.3 Å². The van der Waals surface area contributed by atoms with Crippen molar-refractivity contribution in [2.45, 2.75) is 63.7 Å². The number of alkyl carbamates (subject to hydrolysis) is 1. The number of aliphatic hydroxyl groups is 1. The van der Waals surface area contributed by atoms with Crippen molar-refractivity contribution >= 4 is 12.0 Å². The fourth-order valence-corrected chi connectivity index (χ4v) is 2.86. The molecule has 1 saturated carbocycles. The van der Waals surface area contributed by atoms with Crippen LogP contribution in [-0.4, -0.2) is 52.0 Å². The number of nitrogens with zero attached hydrogens (tertiary/aromatic N) is 3.